The lowest BCUT2D eigenvalue weighted by molar-refractivity contribution is -0.126. The average Bonchev–Trinajstić information content (AvgIpc) is 3.29. The van der Waals surface area contributed by atoms with E-state index >= 15 is 0 Å². The molecule has 6 nitrogen and oxygen atoms in total. The molecule has 0 aliphatic heterocycles. The first-order valence-corrected chi connectivity index (χ1v) is 7.88. The third-order valence-corrected chi connectivity index (χ3v) is 5.03. The predicted molar refractivity (Wildman–Crippen MR) is 79.9 cm³/mol. The van der Waals surface area contributed by atoms with Crippen molar-refractivity contribution in [2.24, 2.45) is 17.8 Å². The van der Waals surface area contributed by atoms with Crippen LogP contribution in [0.2, 0.25) is 0 Å². The highest BCUT2D eigenvalue weighted by Gasteiger charge is 2.42. The van der Waals surface area contributed by atoms with Crippen LogP contribution in [0, 0.1) is 17.8 Å². The summed E-state index contributed by atoms with van der Waals surface area (Å²) in [6.07, 6.45) is 9.66. The summed E-state index contributed by atoms with van der Waals surface area (Å²) in [6.45, 7) is 0.482. The molecule has 0 radical (unpaired) electrons. The minimum atomic E-state index is 0.195. The number of carbonyl (C=O) groups excluding carboxylic acids is 1. The number of nitrogens with zero attached hydrogens (tertiary/aromatic N) is 4. The molecule has 2 aromatic rings. The van der Waals surface area contributed by atoms with E-state index in [0.29, 0.717) is 18.3 Å². The third-order valence-electron chi connectivity index (χ3n) is 5.03. The zero-order valence-electron chi connectivity index (χ0n) is 12.4. The molecule has 2 fully saturated rings. The van der Waals surface area contributed by atoms with Crippen LogP contribution in [0.15, 0.2) is 31.0 Å². The van der Waals surface area contributed by atoms with E-state index in [-0.39, 0.29) is 11.8 Å². The number of aromatic nitrogens is 4. The summed E-state index contributed by atoms with van der Waals surface area (Å²) >= 11 is 0. The fraction of sp³-hybridized carbons (Fsp3) is 0.500. The number of amides is 1. The van der Waals surface area contributed by atoms with Gasteiger partial charge in [-0.2, -0.15) is 5.10 Å². The van der Waals surface area contributed by atoms with E-state index in [1.807, 2.05) is 12.1 Å². The summed E-state index contributed by atoms with van der Waals surface area (Å²) in [7, 11) is 0. The van der Waals surface area contributed by atoms with Gasteiger partial charge in [0.25, 0.3) is 0 Å². The molecule has 4 rings (SSSR count). The molecule has 2 saturated carbocycles. The Labute approximate surface area is 129 Å². The van der Waals surface area contributed by atoms with E-state index in [1.165, 1.54) is 25.6 Å². The second-order valence-electron chi connectivity index (χ2n) is 6.33. The summed E-state index contributed by atoms with van der Waals surface area (Å²) in [6, 6.07) is 3.84. The Balaban J connectivity index is 1.45. The quantitative estimate of drug-likeness (QED) is 0.932. The molecule has 2 aliphatic rings. The number of pyridine rings is 1. The topological polar surface area (TPSA) is 72.7 Å². The van der Waals surface area contributed by atoms with Crippen LogP contribution < -0.4 is 5.32 Å². The fourth-order valence-electron chi connectivity index (χ4n) is 3.97. The van der Waals surface area contributed by atoms with Crippen LogP contribution in [-0.4, -0.2) is 25.7 Å². The van der Waals surface area contributed by atoms with Gasteiger partial charge in [-0.1, -0.05) is 12.5 Å². The van der Waals surface area contributed by atoms with E-state index in [1.54, 1.807) is 17.2 Å². The molecule has 114 valence electrons. The summed E-state index contributed by atoms with van der Waals surface area (Å²) in [5.74, 6) is 2.51. The van der Waals surface area contributed by atoms with Crippen molar-refractivity contribution in [2.45, 2.75) is 32.2 Å². The van der Waals surface area contributed by atoms with Crippen molar-refractivity contribution < 1.29 is 4.79 Å². The van der Waals surface area contributed by atoms with Crippen molar-refractivity contribution in [3.8, 4) is 5.82 Å². The van der Waals surface area contributed by atoms with Gasteiger partial charge in [0.2, 0.25) is 5.91 Å². The fourth-order valence-corrected chi connectivity index (χ4v) is 3.97. The molecule has 1 N–H and O–H groups in total. The molecule has 2 aromatic heterocycles. The van der Waals surface area contributed by atoms with Crippen molar-refractivity contribution in [1.29, 1.82) is 0 Å². The van der Waals surface area contributed by atoms with Crippen molar-refractivity contribution in [1.82, 2.24) is 25.1 Å². The molecule has 6 heteroatoms. The Hall–Kier alpha value is -2.24. The maximum absolute atomic E-state index is 12.4. The number of hydrogen-bond donors (Lipinski definition) is 1. The second kappa shape index (κ2) is 5.51. The first-order chi connectivity index (χ1) is 10.8. The number of carbonyl (C=O) groups is 1. The molecule has 2 aliphatic carbocycles. The van der Waals surface area contributed by atoms with E-state index in [9.17, 15) is 4.79 Å². The average molecular weight is 297 g/mol. The molecule has 0 spiro atoms. The van der Waals surface area contributed by atoms with Crippen molar-refractivity contribution in [3.05, 3.63) is 36.5 Å². The number of nitrogens with one attached hydrogen (secondary N) is 1. The van der Waals surface area contributed by atoms with Crippen molar-refractivity contribution >= 4 is 5.91 Å². The first-order valence-electron chi connectivity index (χ1n) is 7.88. The molecule has 1 amide bonds. The van der Waals surface area contributed by atoms with Gasteiger partial charge in [0.05, 0.1) is 0 Å². The second-order valence-corrected chi connectivity index (χ2v) is 6.33. The maximum atomic E-state index is 12.4. The molecular weight excluding hydrogens is 278 g/mol. The molecule has 3 atom stereocenters. The summed E-state index contributed by atoms with van der Waals surface area (Å²) < 4.78 is 1.62. The van der Waals surface area contributed by atoms with Crippen LogP contribution in [0.5, 0.6) is 0 Å². The standard InChI is InChI=1S/C16H19N5O/c22-16(14-7-11-3-4-12(14)6-11)19-8-13-2-1-5-18-15(13)21-10-17-9-20-21/h1-2,5,9-12,14H,3-4,6-8H2,(H,19,22)/t11-,12-,14-/m0/s1. The Morgan fingerprint density at radius 2 is 2.32 bits per heavy atom. The monoisotopic (exact) mass is 297 g/mol. The lowest BCUT2D eigenvalue weighted by Crippen LogP contribution is -2.33. The Morgan fingerprint density at radius 3 is 3.05 bits per heavy atom. The first kappa shape index (κ1) is 13.4. The lowest BCUT2D eigenvalue weighted by Gasteiger charge is -2.21. The molecule has 0 aromatic carbocycles. The van der Waals surface area contributed by atoms with E-state index in [2.05, 4.69) is 20.4 Å². The molecule has 2 bridgehead atoms. The SMILES string of the molecule is O=C(NCc1cccnc1-n1cncn1)[C@H]1C[C@H]2CC[C@H]1C2. The van der Waals surface area contributed by atoms with Crippen LogP contribution in [0.25, 0.3) is 5.82 Å². The number of rotatable bonds is 4. The maximum Gasteiger partial charge on any atom is 0.223 e. The summed E-state index contributed by atoms with van der Waals surface area (Å²) in [5.41, 5.74) is 0.949. The van der Waals surface area contributed by atoms with Gasteiger partial charge in [-0.25, -0.2) is 14.6 Å². The van der Waals surface area contributed by atoms with Crippen molar-refractivity contribution in [3.63, 3.8) is 0 Å². The van der Waals surface area contributed by atoms with Crippen LogP contribution in [0.1, 0.15) is 31.2 Å². The molecule has 0 unspecified atom stereocenters. The van der Waals surface area contributed by atoms with Crippen LogP contribution in [0.3, 0.4) is 0 Å². The number of fused-ring (bicyclic) bond motifs is 2. The van der Waals surface area contributed by atoms with Gasteiger partial charge in [-0.15, -0.1) is 0 Å². The van der Waals surface area contributed by atoms with Crippen LogP contribution in [-0.2, 0) is 11.3 Å². The van der Waals surface area contributed by atoms with Gasteiger partial charge in [0.1, 0.15) is 12.7 Å². The van der Waals surface area contributed by atoms with Gasteiger partial charge in [0.15, 0.2) is 5.82 Å². The highest BCUT2D eigenvalue weighted by molar-refractivity contribution is 5.79. The summed E-state index contributed by atoms with van der Waals surface area (Å²) in [5, 5.41) is 7.20. The van der Waals surface area contributed by atoms with Gasteiger partial charge in [0, 0.05) is 24.2 Å². The molecule has 2 heterocycles. The molecular formula is C16H19N5O. The summed E-state index contributed by atoms with van der Waals surface area (Å²) in [4.78, 5) is 20.7. The van der Waals surface area contributed by atoms with E-state index < -0.39 is 0 Å². The minimum absolute atomic E-state index is 0.195. The Kier molecular flexibility index (Phi) is 3.36. The van der Waals surface area contributed by atoms with E-state index in [0.717, 1.165) is 17.9 Å². The van der Waals surface area contributed by atoms with Gasteiger partial charge in [-0.05, 0) is 37.2 Å². The lowest BCUT2D eigenvalue weighted by atomic mass is 9.88. The molecule has 22 heavy (non-hydrogen) atoms. The zero-order chi connectivity index (χ0) is 14.9. The van der Waals surface area contributed by atoms with Gasteiger partial charge in [-0.3, -0.25) is 4.79 Å². The van der Waals surface area contributed by atoms with Gasteiger partial charge >= 0.3 is 0 Å². The van der Waals surface area contributed by atoms with Crippen molar-refractivity contribution in [2.75, 3.05) is 0 Å². The predicted octanol–water partition coefficient (Wildman–Crippen LogP) is 1.71. The Morgan fingerprint density at radius 1 is 1.36 bits per heavy atom. The highest BCUT2D eigenvalue weighted by Crippen LogP contribution is 2.48. The molecule has 0 saturated heterocycles. The minimum Gasteiger partial charge on any atom is -0.352 e. The zero-order valence-corrected chi connectivity index (χ0v) is 12.4. The van der Waals surface area contributed by atoms with Crippen LogP contribution >= 0.6 is 0 Å². The highest BCUT2D eigenvalue weighted by atomic mass is 16.1. The smallest absolute Gasteiger partial charge is 0.223 e. The largest absolute Gasteiger partial charge is 0.352 e. The Bertz CT molecular complexity index is 669. The van der Waals surface area contributed by atoms with Gasteiger partial charge < -0.3 is 5.32 Å². The normalized spacial score (nSPS) is 26.3. The number of hydrogen-bond acceptors (Lipinski definition) is 4. The van der Waals surface area contributed by atoms with E-state index in [4.69, 9.17) is 0 Å². The van der Waals surface area contributed by atoms with Crippen LogP contribution in [0.4, 0.5) is 0 Å². The third kappa shape index (κ3) is 2.38.